The summed E-state index contributed by atoms with van der Waals surface area (Å²) in [4.78, 5) is 8.70. The largest absolute Gasteiger partial charge is 0.489 e. The predicted octanol–water partition coefficient (Wildman–Crippen LogP) is 2.24. The fraction of sp³-hybridized carbons (Fsp3) is 0.250. The maximum Gasteiger partial charge on any atom is 0.163 e. The minimum Gasteiger partial charge on any atom is -0.489 e. The third-order valence-electron chi connectivity index (χ3n) is 2.95. The highest BCUT2D eigenvalue weighted by Gasteiger charge is 2.15. The molecular weight excluding hydrogens is 264 g/mol. The van der Waals surface area contributed by atoms with Crippen LogP contribution in [0.25, 0.3) is 21.7 Å². The fourth-order valence-corrected chi connectivity index (χ4v) is 2.51. The van der Waals surface area contributed by atoms with Crippen LogP contribution < -0.4 is 9.47 Å². The van der Waals surface area contributed by atoms with Crippen LogP contribution in [0.1, 0.15) is 6.42 Å². The topological polar surface area (TPSA) is 72.9 Å². The summed E-state index contributed by atoms with van der Waals surface area (Å²) < 4.78 is 15.2. The van der Waals surface area contributed by atoms with Crippen LogP contribution in [-0.2, 0) is 0 Å². The standard InChI is InChI=1S/C12H10N4O2S/c1-2-17-9-4-7-8(5-10(9)18-3-1)15-12(14-7)11-6-13-16-19-11/h4-6H,1-3H2,(H,14,15). The van der Waals surface area contributed by atoms with Gasteiger partial charge in [-0.25, -0.2) is 4.98 Å². The smallest absolute Gasteiger partial charge is 0.163 e. The lowest BCUT2D eigenvalue weighted by Crippen LogP contribution is -1.97. The van der Waals surface area contributed by atoms with Crippen molar-refractivity contribution in [1.29, 1.82) is 0 Å². The van der Waals surface area contributed by atoms with E-state index in [0.29, 0.717) is 13.2 Å². The highest BCUT2D eigenvalue weighted by atomic mass is 32.1. The molecule has 0 saturated carbocycles. The normalized spacial score (nSPS) is 14.5. The van der Waals surface area contributed by atoms with E-state index in [-0.39, 0.29) is 0 Å². The summed E-state index contributed by atoms with van der Waals surface area (Å²) in [5.74, 6) is 2.29. The number of benzene rings is 1. The van der Waals surface area contributed by atoms with Crippen molar-refractivity contribution in [3.63, 3.8) is 0 Å². The molecule has 1 aliphatic rings. The van der Waals surface area contributed by atoms with Gasteiger partial charge in [-0.05, 0) is 11.5 Å². The Balaban J connectivity index is 1.86. The second-order valence-corrected chi connectivity index (χ2v) is 5.02. The molecule has 2 aromatic heterocycles. The fourth-order valence-electron chi connectivity index (χ4n) is 2.05. The van der Waals surface area contributed by atoms with Crippen LogP contribution >= 0.6 is 11.5 Å². The van der Waals surface area contributed by atoms with E-state index < -0.39 is 0 Å². The molecule has 0 aliphatic carbocycles. The monoisotopic (exact) mass is 274 g/mol. The van der Waals surface area contributed by atoms with Crippen molar-refractivity contribution in [3.8, 4) is 22.2 Å². The number of ether oxygens (including phenoxy) is 2. The van der Waals surface area contributed by atoms with Gasteiger partial charge in [-0.2, -0.15) is 0 Å². The molecular formula is C12H10N4O2S. The molecule has 3 aromatic rings. The van der Waals surface area contributed by atoms with Crippen molar-refractivity contribution in [2.45, 2.75) is 6.42 Å². The maximum atomic E-state index is 5.66. The first-order valence-corrected chi connectivity index (χ1v) is 6.74. The molecule has 0 saturated heterocycles. The summed E-state index contributed by atoms with van der Waals surface area (Å²) in [6.07, 6.45) is 2.59. The predicted molar refractivity (Wildman–Crippen MR) is 70.6 cm³/mol. The molecule has 1 N–H and O–H groups in total. The summed E-state index contributed by atoms with van der Waals surface area (Å²) in [6.45, 7) is 1.35. The highest BCUT2D eigenvalue weighted by Crippen LogP contribution is 2.34. The van der Waals surface area contributed by atoms with Gasteiger partial charge in [-0.3, -0.25) is 0 Å². The molecule has 3 heterocycles. The minimum absolute atomic E-state index is 0.675. The zero-order chi connectivity index (χ0) is 12.7. The number of aromatic amines is 1. The quantitative estimate of drug-likeness (QED) is 0.736. The number of aromatic nitrogens is 4. The van der Waals surface area contributed by atoms with Crippen LogP contribution in [0.15, 0.2) is 18.3 Å². The number of hydrogen-bond acceptors (Lipinski definition) is 6. The average Bonchev–Trinajstić information content (AvgIpc) is 3.01. The van der Waals surface area contributed by atoms with E-state index in [1.807, 2.05) is 12.1 Å². The SMILES string of the molecule is c1nnsc1-c1nc2cc3c(cc2[nH]1)OCCCO3. The average molecular weight is 274 g/mol. The summed E-state index contributed by atoms with van der Waals surface area (Å²) in [6, 6.07) is 3.84. The number of fused-ring (bicyclic) bond motifs is 2. The Kier molecular flexibility index (Phi) is 2.37. The van der Waals surface area contributed by atoms with Gasteiger partial charge in [0.25, 0.3) is 0 Å². The Morgan fingerprint density at radius 2 is 2.00 bits per heavy atom. The summed E-state index contributed by atoms with van der Waals surface area (Å²) in [7, 11) is 0. The highest BCUT2D eigenvalue weighted by molar-refractivity contribution is 7.09. The first-order valence-electron chi connectivity index (χ1n) is 5.97. The molecule has 0 fully saturated rings. The Morgan fingerprint density at radius 1 is 1.16 bits per heavy atom. The Morgan fingerprint density at radius 3 is 2.79 bits per heavy atom. The van der Waals surface area contributed by atoms with E-state index in [4.69, 9.17) is 9.47 Å². The first-order chi connectivity index (χ1) is 9.40. The van der Waals surface area contributed by atoms with Crippen molar-refractivity contribution in [2.24, 2.45) is 0 Å². The Hall–Kier alpha value is -2.15. The molecule has 19 heavy (non-hydrogen) atoms. The summed E-state index contributed by atoms with van der Waals surface area (Å²) >= 11 is 1.31. The lowest BCUT2D eigenvalue weighted by Gasteiger charge is -2.05. The molecule has 7 heteroatoms. The second kappa shape index (κ2) is 4.20. The van der Waals surface area contributed by atoms with Gasteiger partial charge >= 0.3 is 0 Å². The van der Waals surface area contributed by atoms with E-state index in [2.05, 4.69) is 19.6 Å². The molecule has 96 valence electrons. The van der Waals surface area contributed by atoms with E-state index in [1.165, 1.54) is 11.5 Å². The molecule has 1 aliphatic heterocycles. The molecule has 1 aromatic carbocycles. The third-order valence-corrected chi connectivity index (χ3v) is 3.62. The van der Waals surface area contributed by atoms with Crippen molar-refractivity contribution in [2.75, 3.05) is 13.2 Å². The number of hydrogen-bond donors (Lipinski definition) is 1. The van der Waals surface area contributed by atoms with Gasteiger partial charge < -0.3 is 14.5 Å². The van der Waals surface area contributed by atoms with E-state index in [0.717, 1.165) is 39.7 Å². The molecule has 0 bridgehead atoms. The molecule has 4 rings (SSSR count). The third kappa shape index (κ3) is 1.82. The van der Waals surface area contributed by atoms with Crippen LogP contribution in [0.2, 0.25) is 0 Å². The van der Waals surface area contributed by atoms with Crippen LogP contribution in [0.4, 0.5) is 0 Å². The van der Waals surface area contributed by atoms with Crippen molar-refractivity contribution in [3.05, 3.63) is 18.3 Å². The number of imidazole rings is 1. The second-order valence-electron chi connectivity index (χ2n) is 4.23. The van der Waals surface area contributed by atoms with Gasteiger partial charge in [-0.15, -0.1) is 5.10 Å². The molecule has 0 unspecified atom stereocenters. The Bertz CT molecular complexity index is 680. The lowest BCUT2D eigenvalue weighted by atomic mass is 10.3. The number of rotatable bonds is 1. The van der Waals surface area contributed by atoms with E-state index >= 15 is 0 Å². The minimum atomic E-state index is 0.675. The summed E-state index contributed by atoms with van der Waals surface area (Å²) in [5.41, 5.74) is 1.78. The summed E-state index contributed by atoms with van der Waals surface area (Å²) in [5, 5.41) is 3.82. The van der Waals surface area contributed by atoms with E-state index in [1.54, 1.807) is 6.20 Å². The van der Waals surface area contributed by atoms with Crippen molar-refractivity contribution in [1.82, 2.24) is 19.6 Å². The van der Waals surface area contributed by atoms with Gasteiger partial charge in [0.2, 0.25) is 0 Å². The number of nitrogens with zero attached hydrogens (tertiary/aromatic N) is 3. The van der Waals surface area contributed by atoms with Crippen LogP contribution in [0.5, 0.6) is 11.5 Å². The van der Waals surface area contributed by atoms with Crippen molar-refractivity contribution < 1.29 is 9.47 Å². The number of nitrogens with one attached hydrogen (secondary N) is 1. The maximum absolute atomic E-state index is 5.66. The zero-order valence-corrected chi connectivity index (χ0v) is 10.7. The molecule has 0 atom stereocenters. The van der Waals surface area contributed by atoms with Crippen LogP contribution in [-0.4, -0.2) is 32.8 Å². The Labute approximate surface area is 112 Å². The van der Waals surface area contributed by atoms with Crippen LogP contribution in [0.3, 0.4) is 0 Å². The van der Waals surface area contributed by atoms with Gasteiger partial charge in [0.05, 0.1) is 30.4 Å². The number of H-pyrrole nitrogens is 1. The van der Waals surface area contributed by atoms with Crippen LogP contribution in [0, 0.1) is 0 Å². The van der Waals surface area contributed by atoms with Gasteiger partial charge in [0, 0.05) is 18.6 Å². The zero-order valence-electron chi connectivity index (χ0n) is 9.92. The molecule has 0 radical (unpaired) electrons. The molecule has 6 nitrogen and oxygen atoms in total. The first kappa shape index (κ1) is 10.7. The van der Waals surface area contributed by atoms with Crippen molar-refractivity contribution >= 4 is 22.6 Å². The lowest BCUT2D eigenvalue weighted by molar-refractivity contribution is 0.297. The molecule has 0 spiro atoms. The van der Waals surface area contributed by atoms with Gasteiger partial charge in [0.15, 0.2) is 17.3 Å². The van der Waals surface area contributed by atoms with E-state index in [9.17, 15) is 0 Å². The van der Waals surface area contributed by atoms with Gasteiger partial charge in [0.1, 0.15) is 4.88 Å². The van der Waals surface area contributed by atoms with Gasteiger partial charge in [-0.1, -0.05) is 4.49 Å². The molecule has 0 amide bonds.